The zero-order valence-corrected chi connectivity index (χ0v) is 8.15. The summed E-state index contributed by atoms with van der Waals surface area (Å²) in [4.78, 5) is 0. The molecule has 0 aliphatic carbocycles. The quantitative estimate of drug-likeness (QED) is 0.377. The lowest BCUT2D eigenvalue weighted by Crippen LogP contribution is -2.16. The Morgan fingerprint density at radius 1 is 0.824 bits per heavy atom. The van der Waals surface area contributed by atoms with Crippen molar-refractivity contribution in [1.82, 2.24) is 0 Å². The van der Waals surface area contributed by atoms with Crippen LogP contribution in [-0.4, -0.2) is 0 Å². The number of hydrogen-bond acceptors (Lipinski definition) is 0. The van der Waals surface area contributed by atoms with Crippen LogP contribution in [0.4, 0.5) is 30.7 Å². The maximum atomic E-state index is 13.0. The number of hydrogen-bond donors (Lipinski definition) is 0. The zero-order valence-electron chi connectivity index (χ0n) is 8.15. The van der Waals surface area contributed by atoms with Gasteiger partial charge in [-0.15, -0.1) is 5.92 Å². The summed E-state index contributed by atoms with van der Waals surface area (Å²) in [6.45, 7) is 1.10. The molecule has 17 heavy (non-hydrogen) atoms. The van der Waals surface area contributed by atoms with Crippen LogP contribution in [-0.2, 0) is 6.18 Å². The molecule has 0 aliphatic heterocycles. The highest BCUT2D eigenvalue weighted by molar-refractivity contribution is 5.41. The smallest absolute Gasteiger partial charge is 0.203 e. The lowest BCUT2D eigenvalue weighted by atomic mass is 10.1. The van der Waals surface area contributed by atoms with Gasteiger partial charge in [-0.2, -0.15) is 13.2 Å². The van der Waals surface area contributed by atoms with Crippen molar-refractivity contribution >= 4 is 0 Å². The van der Waals surface area contributed by atoms with Gasteiger partial charge in [0.05, 0.1) is 0 Å². The highest BCUT2D eigenvalue weighted by atomic mass is 19.4. The molecule has 0 aromatic heterocycles. The molecule has 0 N–H and O–H groups in total. The van der Waals surface area contributed by atoms with Gasteiger partial charge in [0, 0.05) is 0 Å². The maximum Gasteiger partial charge on any atom is 0.422 e. The molecule has 1 aromatic rings. The standard InChI is InChI=1S/C10H3F7/c1-2-3-4-6(11)8(13)5(10(15,16)17)9(14)7(4)12/h1H3. The summed E-state index contributed by atoms with van der Waals surface area (Å²) in [7, 11) is 0. The molecule has 1 rings (SSSR count). The lowest BCUT2D eigenvalue weighted by molar-refractivity contribution is -0.143. The zero-order chi connectivity index (χ0) is 13.4. The molecule has 0 amide bonds. The van der Waals surface area contributed by atoms with Gasteiger partial charge in [0.15, 0.2) is 23.3 Å². The summed E-state index contributed by atoms with van der Waals surface area (Å²) in [5.41, 5.74) is -3.97. The predicted molar refractivity (Wildman–Crippen MR) is 43.8 cm³/mol. The molecular weight excluding hydrogens is 253 g/mol. The third kappa shape index (κ3) is 2.20. The fourth-order valence-corrected chi connectivity index (χ4v) is 1.12. The van der Waals surface area contributed by atoms with Gasteiger partial charge in [0.25, 0.3) is 0 Å². The lowest BCUT2D eigenvalue weighted by Gasteiger charge is -2.11. The van der Waals surface area contributed by atoms with Gasteiger partial charge in [-0.3, -0.25) is 0 Å². The first-order valence-corrected chi connectivity index (χ1v) is 4.07. The molecular formula is C10H3F7. The highest BCUT2D eigenvalue weighted by Gasteiger charge is 2.42. The topological polar surface area (TPSA) is 0 Å². The molecule has 0 atom stereocenters. The fraction of sp³-hybridized carbons (Fsp3) is 0.200. The fourth-order valence-electron chi connectivity index (χ4n) is 1.12. The van der Waals surface area contributed by atoms with E-state index in [0.717, 1.165) is 6.92 Å². The van der Waals surface area contributed by atoms with E-state index < -0.39 is 40.6 Å². The molecule has 0 saturated heterocycles. The first kappa shape index (κ1) is 13.4. The number of alkyl halides is 3. The van der Waals surface area contributed by atoms with Crippen LogP contribution in [0.25, 0.3) is 0 Å². The third-order valence-electron chi connectivity index (χ3n) is 1.80. The second-order valence-corrected chi connectivity index (χ2v) is 2.88. The van der Waals surface area contributed by atoms with Crippen LogP contribution in [0.5, 0.6) is 0 Å². The van der Waals surface area contributed by atoms with E-state index in [2.05, 4.69) is 0 Å². The minimum absolute atomic E-state index is 1.10. The second kappa shape index (κ2) is 4.28. The molecule has 0 heterocycles. The van der Waals surface area contributed by atoms with E-state index in [1.54, 1.807) is 5.92 Å². The van der Waals surface area contributed by atoms with E-state index >= 15 is 0 Å². The van der Waals surface area contributed by atoms with Gasteiger partial charge < -0.3 is 0 Å². The SMILES string of the molecule is CC#Cc1c(F)c(F)c(C(F)(F)F)c(F)c1F. The summed E-state index contributed by atoms with van der Waals surface area (Å²) in [6, 6.07) is 0. The maximum absolute atomic E-state index is 13.0. The largest absolute Gasteiger partial charge is 0.422 e. The van der Waals surface area contributed by atoms with Crippen LogP contribution in [0.1, 0.15) is 18.1 Å². The molecule has 0 saturated carbocycles. The molecule has 0 unspecified atom stereocenters. The van der Waals surface area contributed by atoms with E-state index in [0.29, 0.717) is 0 Å². The predicted octanol–water partition coefficient (Wildman–Crippen LogP) is 3.63. The Labute approximate surface area is 91.0 Å². The van der Waals surface area contributed by atoms with Crippen molar-refractivity contribution in [2.45, 2.75) is 13.1 Å². The third-order valence-corrected chi connectivity index (χ3v) is 1.80. The van der Waals surface area contributed by atoms with Gasteiger partial charge >= 0.3 is 6.18 Å². The van der Waals surface area contributed by atoms with Gasteiger partial charge in [0.1, 0.15) is 11.1 Å². The van der Waals surface area contributed by atoms with Crippen LogP contribution in [0, 0.1) is 35.1 Å². The van der Waals surface area contributed by atoms with Gasteiger partial charge in [0.2, 0.25) is 0 Å². The summed E-state index contributed by atoms with van der Waals surface area (Å²) < 4.78 is 88.4. The summed E-state index contributed by atoms with van der Waals surface area (Å²) in [6.07, 6.45) is -5.53. The van der Waals surface area contributed by atoms with Gasteiger partial charge in [-0.05, 0) is 6.92 Å². The van der Waals surface area contributed by atoms with Crippen molar-refractivity contribution in [2.24, 2.45) is 0 Å². The Morgan fingerprint density at radius 2 is 1.24 bits per heavy atom. The first-order chi connectivity index (χ1) is 7.71. The van der Waals surface area contributed by atoms with Crippen LogP contribution in [0.3, 0.4) is 0 Å². The van der Waals surface area contributed by atoms with E-state index in [9.17, 15) is 30.7 Å². The van der Waals surface area contributed by atoms with Crippen LogP contribution in [0.2, 0.25) is 0 Å². The number of halogens is 7. The Hall–Kier alpha value is -1.71. The van der Waals surface area contributed by atoms with E-state index in [-0.39, 0.29) is 0 Å². The van der Waals surface area contributed by atoms with E-state index in [4.69, 9.17) is 0 Å². The molecule has 0 radical (unpaired) electrons. The molecule has 0 spiro atoms. The van der Waals surface area contributed by atoms with Crippen molar-refractivity contribution in [3.8, 4) is 11.8 Å². The van der Waals surface area contributed by atoms with Crippen molar-refractivity contribution in [1.29, 1.82) is 0 Å². The summed E-state index contributed by atoms with van der Waals surface area (Å²) in [5.74, 6) is -5.74. The van der Waals surface area contributed by atoms with Crippen molar-refractivity contribution in [3.63, 3.8) is 0 Å². The van der Waals surface area contributed by atoms with Crippen LogP contribution >= 0.6 is 0 Å². The minimum atomic E-state index is -5.53. The van der Waals surface area contributed by atoms with Gasteiger partial charge in [-0.1, -0.05) is 5.92 Å². The normalized spacial score (nSPS) is 11.1. The Balaban J connectivity index is 3.75. The monoisotopic (exact) mass is 256 g/mol. The second-order valence-electron chi connectivity index (χ2n) is 2.88. The van der Waals surface area contributed by atoms with Crippen LogP contribution < -0.4 is 0 Å². The Bertz CT molecular complexity index is 487. The van der Waals surface area contributed by atoms with Crippen LogP contribution in [0.15, 0.2) is 0 Å². The number of rotatable bonds is 0. The molecule has 0 bridgehead atoms. The first-order valence-electron chi connectivity index (χ1n) is 4.07. The molecule has 0 nitrogen and oxygen atoms in total. The van der Waals surface area contributed by atoms with Crippen molar-refractivity contribution in [3.05, 3.63) is 34.4 Å². The van der Waals surface area contributed by atoms with Crippen molar-refractivity contribution in [2.75, 3.05) is 0 Å². The average molecular weight is 256 g/mol. The van der Waals surface area contributed by atoms with Crippen molar-refractivity contribution < 1.29 is 30.7 Å². The molecule has 1 aromatic carbocycles. The number of benzene rings is 1. The molecule has 0 aliphatic rings. The highest BCUT2D eigenvalue weighted by Crippen LogP contribution is 2.36. The molecule has 7 heteroatoms. The molecule has 0 fully saturated rings. The Morgan fingerprint density at radius 3 is 1.53 bits per heavy atom. The van der Waals surface area contributed by atoms with E-state index in [1.165, 1.54) is 0 Å². The summed E-state index contributed by atoms with van der Waals surface area (Å²) >= 11 is 0. The van der Waals surface area contributed by atoms with Gasteiger partial charge in [-0.25, -0.2) is 17.6 Å². The summed E-state index contributed by atoms with van der Waals surface area (Å²) in [5, 5.41) is 0. The Kier molecular flexibility index (Phi) is 3.36. The van der Waals surface area contributed by atoms with E-state index in [1.807, 2.05) is 5.92 Å². The average Bonchev–Trinajstić information content (AvgIpc) is 2.20. The molecule has 92 valence electrons. The minimum Gasteiger partial charge on any atom is -0.203 e.